The molecule has 0 amide bonds. The number of fused-ring (bicyclic) bond motifs is 4. The number of para-hydroxylation sites is 1. The van der Waals surface area contributed by atoms with Crippen molar-refractivity contribution in [2.75, 3.05) is 0 Å². The van der Waals surface area contributed by atoms with Crippen molar-refractivity contribution in [1.82, 2.24) is 15.0 Å². The fraction of sp³-hybridized carbons (Fsp3) is 0. The molecule has 0 radical (unpaired) electrons. The zero-order chi connectivity index (χ0) is 35.8. The lowest BCUT2D eigenvalue weighted by molar-refractivity contribution is 1.18. The third-order valence-corrected chi connectivity index (χ3v) is 10.3. The van der Waals surface area contributed by atoms with E-state index in [0.29, 0.717) is 5.82 Å². The second-order valence-electron chi connectivity index (χ2n) is 13.6. The highest BCUT2D eigenvalue weighted by Crippen LogP contribution is 2.40. The number of nitrogens with zero attached hydrogens (tertiary/aromatic N) is 3. The second kappa shape index (κ2) is 13.4. The lowest BCUT2D eigenvalue weighted by Crippen LogP contribution is -1.97. The average molecular weight is 688 g/mol. The second-order valence-corrected chi connectivity index (χ2v) is 13.6. The molecule has 8 aromatic carbocycles. The lowest BCUT2D eigenvalue weighted by atomic mass is 9.89. The van der Waals surface area contributed by atoms with Gasteiger partial charge in [0.2, 0.25) is 0 Å². The maximum absolute atomic E-state index is 5.28. The Morgan fingerprint density at radius 3 is 1.63 bits per heavy atom. The largest absolute Gasteiger partial charge is 0.256 e. The quantitative estimate of drug-likeness (QED) is 0.163. The number of hydrogen-bond acceptors (Lipinski definition) is 3. The fourth-order valence-corrected chi connectivity index (χ4v) is 7.64. The van der Waals surface area contributed by atoms with Gasteiger partial charge >= 0.3 is 0 Å². The Labute approximate surface area is 313 Å². The number of hydrogen-bond donors (Lipinski definition) is 0. The third kappa shape index (κ3) is 5.78. The Hall–Kier alpha value is -7.23. The summed E-state index contributed by atoms with van der Waals surface area (Å²) in [5.74, 6) is 0.685. The van der Waals surface area contributed by atoms with Gasteiger partial charge in [-0.1, -0.05) is 158 Å². The van der Waals surface area contributed by atoms with E-state index in [9.17, 15) is 0 Å². The molecule has 54 heavy (non-hydrogen) atoms. The van der Waals surface area contributed by atoms with E-state index in [1.807, 2.05) is 36.5 Å². The maximum atomic E-state index is 5.28. The van der Waals surface area contributed by atoms with Crippen LogP contribution in [0.1, 0.15) is 0 Å². The molecule has 2 aromatic heterocycles. The van der Waals surface area contributed by atoms with Crippen molar-refractivity contribution in [2.24, 2.45) is 0 Å². The summed E-state index contributed by atoms with van der Waals surface area (Å²) in [5, 5.41) is 6.01. The van der Waals surface area contributed by atoms with Crippen LogP contribution in [0.2, 0.25) is 0 Å². The predicted molar refractivity (Wildman–Crippen MR) is 225 cm³/mol. The molecular formula is C51H33N3. The van der Waals surface area contributed by atoms with E-state index >= 15 is 0 Å². The summed E-state index contributed by atoms with van der Waals surface area (Å²) in [4.78, 5) is 15.3. The van der Waals surface area contributed by atoms with E-state index in [0.717, 1.165) is 55.7 Å². The molecule has 0 unspecified atom stereocenters. The Bertz CT molecular complexity index is 2970. The Morgan fingerprint density at radius 2 is 0.852 bits per heavy atom. The van der Waals surface area contributed by atoms with E-state index in [-0.39, 0.29) is 0 Å². The molecule has 0 bridgehead atoms. The molecule has 3 nitrogen and oxygen atoms in total. The van der Waals surface area contributed by atoms with Crippen LogP contribution in [-0.4, -0.2) is 15.0 Å². The lowest BCUT2D eigenvalue weighted by Gasteiger charge is -2.16. The molecule has 0 aliphatic carbocycles. The zero-order valence-electron chi connectivity index (χ0n) is 29.4. The molecule has 3 heteroatoms. The summed E-state index contributed by atoms with van der Waals surface area (Å²) >= 11 is 0. The van der Waals surface area contributed by atoms with Crippen LogP contribution in [0.3, 0.4) is 0 Å². The van der Waals surface area contributed by atoms with Gasteiger partial charge in [0, 0.05) is 33.8 Å². The SMILES string of the molecule is c1ccc(-c2ccc(-c3cc(-c4cc(-c5cc6ccccc6c6ccccc56)cc(-c5cccc6cccnc56)c4)nc(-c4ccccc4)n3)cc2)cc1. The minimum absolute atomic E-state index is 0.685. The highest BCUT2D eigenvalue weighted by molar-refractivity contribution is 6.14. The third-order valence-electron chi connectivity index (χ3n) is 10.3. The highest BCUT2D eigenvalue weighted by atomic mass is 14.9. The van der Waals surface area contributed by atoms with Crippen LogP contribution in [0.15, 0.2) is 200 Å². The minimum Gasteiger partial charge on any atom is -0.256 e. The first-order valence-electron chi connectivity index (χ1n) is 18.3. The molecule has 0 spiro atoms. The van der Waals surface area contributed by atoms with Crippen LogP contribution >= 0.6 is 0 Å². The number of rotatable bonds is 6. The van der Waals surface area contributed by atoms with Crippen LogP contribution in [0.25, 0.3) is 99.7 Å². The molecule has 10 aromatic rings. The normalized spacial score (nSPS) is 11.3. The smallest absolute Gasteiger partial charge is 0.160 e. The Kier molecular flexibility index (Phi) is 7.81. The van der Waals surface area contributed by atoms with Crippen molar-refractivity contribution in [2.45, 2.75) is 0 Å². The summed E-state index contributed by atoms with van der Waals surface area (Å²) in [5.41, 5.74) is 12.5. The Morgan fingerprint density at radius 1 is 0.296 bits per heavy atom. The van der Waals surface area contributed by atoms with Gasteiger partial charge in [0.25, 0.3) is 0 Å². The highest BCUT2D eigenvalue weighted by Gasteiger charge is 2.17. The molecule has 0 aliphatic heterocycles. The summed E-state index contributed by atoms with van der Waals surface area (Å²) in [6.07, 6.45) is 1.87. The number of benzene rings is 8. The monoisotopic (exact) mass is 687 g/mol. The van der Waals surface area contributed by atoms with Gasteiger partial charge in [0.05, 0.1) is 16.9 Å². The average Bonchev–Trinajstić information content (AvgIpc) is 3.26. The van der Waals surface area contributed by atoms with Gasteiger partial charge < -0.3 is 0 Å². The standard InChI is InChI=1S/C51H33N3/c1-3-13-34(14-4-1)35-24-26-36(27-25-35)48-33-49(54-51(53-48)38-15-5-2-6-16-38)42-30-40(44-23-11-18-37-19-12-28-52-50(37)44)29-41(31-42)47-32-39-17-7-8-20-43(39)45-21-9-10-22-46(45)47/h1-33H. The zero-order valence-corrected chi connectivity index (χ0v) is 29.4. The van der Waals surface area contributed by atoms with Crippen LogP contribution in [-0.2, 0) is 0 Å². The van der Waals surface area contributed by atoms with Gasteiger partial charge in [-0.2, -0.15) is 0 Å². The molecule has 0 aliphatic rings. The van der Waals surface area contributed by atoms with Crippen molar-refractivity contribution >= 4 is 32.4 Å². The number of aromatic nitrogens is 3. The van der Waals surface area contributed by atoms with Crippen LogP contribution < -0.4 is 0 Å². The van der Waals surface area contributed by atoms with Gasteiger partial charge in [0.15, 0.2) is 5.82 Å². The molecule has 252 valence electrons. The molecule has 0 saturated carbocycles. The fourth-order valence-electron chi connectivity index (χ4n) is 7.64. The van der Waals surface area contributed by atoms with E-state index in [1.54, 1.807) is 0 Å². The maximum Gasteiger partial charge on any atom is 0.160 e. The molecule has 0 atom stereocenters. The first-order chi connectivity index (χ1) is 26.7. The Balaban J connectivity index is 1.22. The predicted octanol–water partition coefficient (Wildman–Crippen LogP) is 13.3. The van der Waals surface area contributed by atoms with E-state index in [2.05, 4.69) is 164 Å². The summed E-state index contributed by atoms with van der Waals surface area (Å²) in [6.45, 7) is 0. The molecule has 0 saturated heterocycles. The summed E-state index contributed by atoms with van der Waals surface area (Å²) in [6, 6.07) is 68.6. The van der Waals surface area contributed by atoms with Crippen molar-refractivity contribution in [1.29, 1.82) is 0 Å². The van der Waals surface area contributed by atoms with Gasteiger partial charge in [0.1, 0.15) is 0 Å². The van der Waals surface area contributed by atoms with Crippen LogP contribution in [0.5, 0.6) is 0 Å². The van der Waals surface area contributed by atoms with Crippen LogP contribution in [0, 0.1) is 0 Å². The molecule has 2 heterocycles. The first kappa shape index (κ1) is 31.5. The van der Waals surface area contributed by atoms with E-state index < -0.39 is 0 Å². The number of pyridine rings is 1. The first-order valence-corrected chi connectivity index (χ1v) is 18.3. The van der Waals surface area contributed by atoms with Gasteiger partial charge in [-0.05, 0) is 85.8 Å². The summed E-state index contributed by atoms with van der Waals surface area (Å²) < 4.78 is 0. The topological polar surface area (TPSA) is 38.7 Å². The molecule has 0 fully saturated rings. The molecule has 10 rings (SSSR count). The summed E-state index contributed by atoms with van der Waals surface area (Å²) in [7, 11) is 0. The van der Waals surface area contributed by atoms with Crippen molar-refractivity contribution in [3.8, 4) is 67.3 Å². The van der Waals surface area contributed by atoms with E-state index in [1.165, 1.54) is 38.2 Å². The van der Waals surface area contributed by atoms with Gasteiger partial charge in [-0.3, -0.25) is 4.98 Å². The van der Waals surface area contributed by atoms with Gasteiger partial charge in [-0.15, -0.1) is 0 Å². The minimum atomic E-state index is 0.685. The van der Waals surface area contributed by atoms with Crippen molar-refractivity contribution in [3.05, 3.63) is 200 Å². The van der Waals surface area contributed by atoms with Crippen molar-refractivity contribution < 1.29 is 0 Å². The van der Waals surface area contributed by atoms with Crippen LogP contribution in [0.4, 0.5) is 0 Å². The van der Waals surface area contributed by atoms with Crippen molar-refractivity contribution in [3.63, 3.8) is 0 Å². The van der Waals surface area contributed by atoms with Gasteiger partial charge in [-0.25, -0.2) is 9.97 Å². The van der Waals surface area contributed by atoms with E-state index in [4.69, 9.17) is 15.0 Å². The molecule has 0 N–H and O–H groups in total. The molecular weight excluding hydrogens is 655 g/mol.